The molecule has 0 spiro atoms. The molecule has 0 radical (unpaired) electrons. The van der Waals surface area contributed by atoms with E-state index in [4.69, 9.17) is 15.7 Å². The van der Waals surface area contributed by atoms with Crippen LogP contribution >= 0.6 is 0 Å². The van der Waals surface area contributed by atoms with Crippen molar-refractivity contribution < 1.29 is 14.3 Å². The van der Waals surface area contributed by atoms with Gasteiger partial charge in [-0.05, 0) is 18.2 Å². The molecule has 17 heavy (non-hydrogen) atoms. The number of carbonyl (C=O) groups is 2. The first-order valence-corrected chi connectivity index (χ1v) is 4.88. The van der Waals surface area contributed by atoms with E-state index in [-0.39, 0.29) is 13.0 Å². The van der Waals surface area contributed by atoms with Crippen LogP contribution in [-0.2, 0) is 9.59 Å². The fraction of sp³-hybridized carbons (Fsp3) is 0.182. The highest BCUT2D eigenvalue weighted by Gasteiger charge is 2.30. The molecule has 0 unspecified atom stereocenters. The highest BCUT2D eigenvalue weighted by atomic mass is 16.5. The number of hydrogen-bond donors (Lipinski definition) is 1. The molecule has 0 saturated carbocycles. The van der Waals surface area contributed by atoms with Gasteiger partial charge in [0.25, 0.3) is 5.91 Å². The Morgan fingerprint density at radius 2 is 2.35 bits per heavy atom. The van der Waals surface area contributed by atoms with Gasteiger partial charge in [0.05, 0.1) is 11.8 Å². The lowest BCUT2D eigenvalue weighted by molar-refractivity contribution is -0.128. The Labute approximate surface area is 97.2 Å². The van der Waals surface area contributed by atoms with Crippen LogP contribution in [0.3, 0.4) is 0 Å². The second kappa shape index (κ2) is 4.14. The number of hydrogen-bond acceptors (Lipinski definition) is 5. The van der Waals surface area contributed by atoms with Crippen LogP contribution in [-0.4, -0.2) is 18.4 Å². The van der Waals surface area contributed by atoms with E-state index in [1.54, 1.807) is 18.2 Å². The maximum absolute atomic E-state index is 11.7. The Balaban J connectivity index is 2.46. The molecule has 1 aliphatic rings. The number of nitriles is 1. The average molecular weight is 231 g/mol. The predicted molar refractivity (Wildman–Crippen MR) is 59.1 cm³/mol. The SMILES string of the molecule is N#CCC(=O)N1C(=O)COc2ccc(N)cc21. The van der Waals surface area contributed by atoms with Gasteiger partial charge in [-0.25, -0.2) is 4.90 Å². The molecule has 6 nitrogen and oxygen atoms in total. The molecule has 1 heterocycles. The zero-order valence-corrected chi connectivity index (χ0v) is 8.84. The standard InChI is InChI=1S/C11H9N3O3/c12-4-3-10(15)14-8-5-7(13)1-2-9(8)17-6-11(14)16/h1-2,5H,3,6,13H2. The summed E-state index contributed by atoms with van der Waals surface area (Å²) >= 11 is 0. The van der Waals surface area contributed by atoms with Crippen molar-refractivity contribution in [2.24, 2.45) is 0 Å². The van der Waals surface area contributed by atoms with Gasteiger partial charge in [-0.15, -0.1) is 0 Å². The van der Waals surface area contributed by atoms with Crippen molar-refractivity contribution in [3.05, 3.63) is 18.2 Å². The Hall–Kier alpha value is -2.55. The van der Waals surface area contributed by atoms with Crippen molar-refractivity contribution in [2.45, 2.75) is 6.42 Å². The second-order valence-corrected chi connectivity index (χ2v) is 3.47. The van der Waals surface area contributed by atoms with Gasteiger partial charge < -0.3 is 10.5 Å². The number of fused-ring (bicyclic) bond motifs is 1. The summed E-state index contributed by atoms with van der Waals surface area (Å²) in [5, 5.41) is 8.49. The summed E-state index contributed by atoms with van der Waals surface area (Å²) < 4.78 is 5.17. The summed E-state index contributed by atoms with van der Waals surface area (Å²) in [6.07, 6.45) is -0.361. The molecular weight excluding hydrogens is 222 g/mol. The number of benzene rings is 1. The number of amides is 2. The van der Waals surface area contributed by atoms with Crippen molar-refractivity contribution in [3.8, 4) is 11.8 Å². The Morgan fingerprint density at radius 3 is 3.06 bits per heavy atom. The average Bonchev–Trinajstić information content (AvgIpc) is 2.28. The van der Waals surface area contributed by atoms with E-state index in [1.807, 2.05) is 0 Å². The van der Waals surface area contributed by atoms with Gasteiger partial charge in [-0.3, -0.25) is 9.59 Å². The summed E-state index contributed by atoms with van der Waals surface area (Å²) in [6.45, 7) is -0.214. The molecule has 6 heteroatoms. The number of imide groups is 1. The lowest BCUT2D eigenvalue weighted by Gasteiger charge is -2.27. The van der Waals surface area contributed by atoms with Crippen molar-refractivity contribution >= 4 is 23.2 Å². The molecule has 2 N–H and O–H groups in total. The van der Waals surface area contributed by atoms with Gasteiger partial charge in [0.2, 0.25) is 5.91 Å². The van der Waals surface area contributed by atoms with Crippen LogP contribution in [0.1, 0.15) is 6.42 Å². The molecule has 1 aliphatic heterocycles. The van der Waals surface area contributed by atoms with Crippen LogP contribution < -0.4 is 15.4 Å². The Bertz CT molecular complexity index is 533. The van der Waals surface area contributed by atoms with E-state index in [2.05, 4.69) is 0 Å². The fourth-order valence-corrected chi connectivity index (χ4v) is 1.59. The molecule has 1 aromatic rings. The molecule has 2 amide bonds. The highest BCUT2D eigenvalue weighted by molar-refractivity contribution is 6.17. The maximum atomic E-state index is 11.7. The largest absolute Gasteiger partial charge is 0.482 e. The zero-order valence-electron chi connectivity index (χ0n) is 8.84. The number of anilines is 2. The summed E-state index contributed by atoms with van der Waals surface area (Å²) in [6, 6.07) is 6.39. The first-order valence-electron chi connectivity index (χ1n) is 4.88. The van der Waals surface area contributed by atoms with E-state index in [0.29, 0.717) is 17.1 Å². The number of nitrogens with two attached hydrogens (primary N) is 1. The molecule has 0 aromatic heterocycles. The van der Waals surface area contributed by atoms with Gasteiger partial charge >= 0.3 is 0 Å². The summed E-state index contributed by atoms with van der Waals surface area (Å²) in [5.41, 5.74) is 6.30. The molecule has 0 aliphatic carbocycles. The van der Waals surface area contributed by atoms with Crippen molar-refractivity contribution in [1.82, 2.24) is 0 Å². The minimum absolute atomic E-state index is 0.214. The van der Waals surface area contributed by atoms with Gasteiger partial charge in [0, 0.05) is 5.69 Å². The number of nitrogen functional groups attached to an aromatic ring is 1. The quantitative estimate of drug-likeness (QED) is 0.707. The monoisotopic (exact) mass is 231 g/mol. The van der Waals surface area contributed by atoms with Crippen molar-refractivity contribution in [2.75, 3.05) is 17.2 Å². The second-order valence-electron chi connectivity index (χ2n) is 3.47. The number of rotatable bonds is 1. The Morgan fingerprint density at radius 1 is 1.59 bits per heavy atom. The molecule has 0 saturated heterocycles. The van der Waals surface area contributed by atoms with E-state index < -0.39 is 11.8 Å². The third-order valence-corrected chi connectivity index (χ3v) is 2.30. The summed E-state index contributed by atoms with van der Waals surface area (Å²) in [4.78, 5) is 24.2. The predicted octanol–water partition coefficient (Wildman–Crippen LogP) is 0.434. The smallest absolute Gasteiger partial charge is 0.271 e. The fourth-order valence-electron chi connectivity index (χ4n) is 1.59. The first kappa shape index (κ1) is 11.0. The van der Waals surface area contributed by atoms with E-state index in [9.17, 15) is 9.59 Å². The minimum atomic E-state index is -0.576. The first-order chi connectivity index (χ1) is 8.13. The van der Waals surface area contributed by atoms with Crippen LogP contribution in [0.15, 0.2) is 18.2 Å². The van der Waals surface area contributed by atoms with Crippen molar-refractivity contribution in [1.29, 1.82) is 5.26 Å². The van der Waals surface area contributed by atoms with Crippen LogP contribution in [0.2, 0.25) is 0 Å². The third kappa shape index (κ3) is 1.90. The van der Waals surface area contributed by atoms with E-state index >= 15 is 0 Å². The van der Waals surface area contributed by atoms with Gasteiger partial charge in [-0.1, -0.05) is 0 Å². The maximum Gasteiger partial charge on any atom is 0.271 e. The minimum Gasteiger partial charge on any atom is -0.482 e. The summed E-state index contributed by atoms with van der Waals surface area (Å²) in [5.74, 6) is -0.666. The highest BCUT2D eigenvalue weighted by Crippen LogP contribution is 2.34. The molecule has 2 rings (SSSR count). The third-order valence-electron chi connectivity index (χ3n) is 2.30. The van der Waals surface area contributed by atoms with Crippen LogP contribution in [0, 0.1) is 11.3 Å². The number of nitrogens with zero attached hydrogens (tertiary/aromatic N) is 2. The molecule has 0 fully saturated rings. The zero-order chi connectivity index (χ0) is 12.4. The van der Waals surface area contributed by atoms with Crippen molar-refractivity contribution in [3.63, 3.8) is 0 Å². The molecule has 0 atom stereocenters. The summed E-state index contributed by atoms with van der Waals surface area (Å²) in [7, 11) is 0. The number of ether oxygens (including phenoxy) is 1. The lowest BCUT2D eigenvalue weighted by Crippen LogP contribution is -2.43. The van der Waals surface area contributed by atoms with Gasteiger partial charge in [0.1, 0.15) is 12.2 Å². The molecule has 0 bridgehead atoms. The topological polar surface area (TPSA) is 96.4 Å². The Kier molecular flexibility index (Phi) is 2.66. The molecular formula is C11H9N3O3. The van der Waals surface area contributed by atoms with Crippen LogP contribution in [0.4, 0.5) is 11.4 Å². The lowest BCUT2D eigenvalue weighted by atomic mass is 10.2. The molecule has 1 aromatic carbocycles. The van der Waals surface area contributed by atoms with Gasteiger partial charge in [0.15, 0.2) is 6.61 Å². The normalized spacial score (nSPS) is 13.6. The van der Waals surface area contributed by atoms with Gasteiger partial charge in [-0.2, -0.15) is 5.26 Å². The van der Waals surface area contributed by atoms with Crippen LogP contribution in [0.5, 0.6) is 5.75 Å². The van der Waals surface area contributed by atoms with E-state index in [1.165, 1.54) is 6.07 Å². The van der Waals surface area contributed by atoms with Crippen LogP contribution in [0.25, 0.3) is 0 Å². The van der Waals surface area contributed by atoms with E-state index in [0.717, 1.165) is 4.90 Å². The molecule has 86 valence electrons. The number of carbonyl (C=O) groups excluding carboxylic acids is 2.